The largest absolute Gasteiger partial charge is 0.371 e. The summed E-state index contributed by atoms with van der Waals surface area (Å²) in [5.74, 6) is 1.94. The maximum absolute atomic E-state index is 5.88. The number of nitrogens with zero attached hydrogens (tertiary/aromatic N) is 3. The Morgan fingerprint density at radius 1 is 1.37 bits per heavy atom. The van der Waals surface area contributed by atoms with E-state index in [4.69, 9.17) is 4.74 Å². The van der Waals surface area contributed by atoms with Gasteiger partial charge < -0.3 is 15.0 Å². The summed E-state index contributed by atoms with van der Waals surface area (Å²) in [6.45, 7) is 4.86. The first-order chi connectivity index (χ1) is 9.28. The lowest BCUT2D eigenvalue weighted by atomic mass is 10.2. The predicted molar refractivity (Wildman–Crippen MR) is 78.1 cm³/mol. The third-order valence-electron chi connectivity index (χ3n) is 3.60. The fourth-order valence-electron chi connectivity index (χ4n) is 2.74. The average Bonchev–Trinajstić information content (AvgIpc) is 2.77. The molecule has 19 heavy (non-hydrogen) atoms. The summed E-state index contributed by atoms with van der Waals surface area (Å²) >= 11 is 1.58. The molecule has 0 aliphatic carbocycles. The Balaban J connectivity index is 1.84. The lowest BCUT2D eigenvalue weighted by molar-refractivity contribution is 0.0302. The topological polar surface area (TPSA) is 50.3 Å². The van der Waals surface area contributed by atoms with Crippen LogP contribution in [0.3, 0.4) is 0 Å². The van der Waals surface area contributed by atoms with Crippen molar-refractivity contribution in [3.8, 4) is 0 Å². The highest BCUT2D eigenvalue weighted by atomic mass is 32.2. The van der Waals surface area contributed by atoms with Gasteiger partial charge in [0.15, 0.2) is 5.16 Å². The van der Waals surface area contributed by atoms with Gasteiger partial charge in [-0.3, -0.25) is 0 Å². The third kappa shape index (κ3) is 2.79. The predicted octanol–water partition coefficient (Wildman–Crippen LogP) is 2.00. The SMILES string of the molecule is CCNc1cc(N2CC3CCC(C2)O3)nc(SC)n1. The van der Waals surface area contributed by atoms with Gasteiger partial charge in [-0.15, -0.1) is 0 Å². The van der Waals surface area contributed by atoms with Crippen LogP contribution in [0.5, 0.6) is 0 Å². The smallest absolute Gasteiger partial charge is 0.191 e. The summed E-state index contributed by atoms with van der Waals surface area (Å²) < 4.78 is 5.88. The van der Waals surface area contributed by atoms with Gasteiger partial charge in [-0.25, -0.2) is 9.97 Å². The molecule has 0 saturated carbocycles. The van der Waals surface area contributed by atoms with Gasteiger partial charge in [-0.2, -0.15) is 0 Å². The Kier molecular flexibility index (Phi) is 3.79. The van der Waals surface area contributed by atoms with Crippen molar-refractivity contribution < 1.29 is 4.74 Å². The highest BCUT2D eigenvalue weighted by Crippen LogP contribution is 2.30. The maximum atomic E-state index is 5.88. The average molecular weight is 280 g/mol. The van der Waals surface area contributed by atoms with E-state index in [9.17, 15) is 0 Å². The molecule has 0 amide bonds. The number of nitrogens with one attached hydrogen (secondary N) is 1. The van der Waals surface area contributed by atoms with Crippen molar-refractivity contribution in [2.24, 2.45) is 0 Å². The van der Waals surface area contributed by atoms with Crippen LogP contribution in [0.1, 0.15) is 19.8 Å². The number of hydrogen-bond acceptors (Lipinski definition) is 6. The standard InChI is InChI=1S/C13H20N4OS/c1-3-14-11-6-12(16-13(15-11)19-2)17-7-9-4-5-10(8-17)18-9/h6,9-10H,3-5,7-8H2,1-2H3,(H,14,15,16). The molecule has 3 heterocycles. The number of morpholine rings is 1. The quantitative estimate of drug-likeness (QED) is 0.672. The van der Waals surface area contributed by atoms with Crippen LogP contribution in [0.4, 0.5) is 11.6 Å². The summed E-state index contributed by atoms with van der Waals surface area (Å²) in [5, 5.41) is 4.10. The van der Waals surface area contributed by atoms with E-state index in [0.29, 0.717) is 12.2 Å². The van der Waals surface area contributed by atoms with Crippen LogP contribution in [0, 0.1) is 0 Å². The van der Waals surface area contributed by atoms with Crippen molar-refractivity contribution in [2.45, 2.75) is 37.1 Å². The van der Waals surface area contributed by atoms with Crippen LogP contribution in [0.25, 0.3) is 0 Å². The number of aromatic nitrogens is 2. The maximum Gasteiger partial charge on any atom is 0.191 e. The lowest BCUT2D eigenvalue weighted by Gasteiger charge is -2.33. The van der Waals surface area contributed by atoms with Crippen LogP contribution in [0.2, 0.25) is 0 Å². The van der Waals surface area contributed by atoms with E-state index in [2.05, 4.69) is 27.1 Å². The Labute approximate surface area is 118 Å². The first-order valence-electron chi connectivity index (χ1n) is 6.86. The van der Waals surface area contributed by atoms with Crippen molar-refractivity contribution in [1.29, 1.82) is 0 Å². The van der Waals surface area contributed by atoms with E-state index in [-0.39, 0.29) is 0 Å². The molecule has 3 rings (SSSR count). The van der Waals surface area contributed by atoms with Gasteiger partial charge in [0.05, 0.1) is 12.2 Å². The van der Waals surface area contributed by atoms with Crippen LogP contribution in [-0.2, 0) is 4.74 Å². The van der Waals surface area contributed by atoms with Gasteiger partial charge in [0.2, 0.25) is 0 Å². The molecule has 5 nitrogen and oxygen atoms in total. The minimum absolute atomic E-state index is 0.383. The van der Waals surface area contributed by atoms with Crippen LogP contribution in [0.15, 0.2) is 11.2 Å². The summed E-state index contributed by atoms with van der Waals surface area (Å²) in [6.07, 6.45) is 5.14. The van der Waals surface area contributed by atoms with Gasteiger partial charge in [0.1, 0.15) is 11.6 Å². The summed E-state index contributed by atoms with van der Waals surface area (Å²) in [6, 6.07) is 2.05. The molecule has 0 spiro atoms. The number of fused-ring (bicyclic) bond motifs is 2. The van der Waals surface area contributed by atoms with E-state index in [1.54, 1.807) is 11.8 Å². The molecule has 1 N–H and O–H groups in total. The fourth-order valence-corrected chi connectivity index (χ4v) is 3.11. The number of hydrogen-bond donors (Lipinski definition) is 1. The van der Waals surface area contributed by atoms with Gasteiger partial charge in [0.25, 0.3) is 0 Å². The molecule has 2 aliphatic heterocycles. The Hall–Kier alpha value is -1.01. The van der Waals surface area contributed by atoms with E-state index in [1.807, 2.05) is 12.3 Å². The zero-order chi connectivity index (χ0) is 13.2. The molecule has 0 radical (unpaired) electrons. The molecule has 2 bridgehead atoms. The van der Waals surface area contributed by atoms with Gasteiger partial charge >= 0.3 is 0 Å². The molecule has 1 aromatic rings. The molecule has 2 atom stereocenters. The zero-order valence-corrected chi connectivity index (χ0v) is 12.2. The molecular formula is C13H20N4OS. The molecular weight excluding hydrogens is 260 g/mol. The minimum Gasteiger partial charge on any atom is -0.371 e. The number of anilines is 2. The van der Waals surface area contributed by atoms with Gasteiger partial charge in [-0.05, 0) is 26.0 Å². The van der Waals surface area contributed by atoms with E-state index in [1.165, 1.54) is 12.8 Å². The molecule has 2 saturated heterocycles. The third-order valence-corrected chi connectivity index (χ3v) is 4.15. The molecule has 2 unspecified atom stereocenters. The molecule has 1 aromatic heterocycles. The van der Waals surface area contributed by atoms with Crippen molar-refractivity contribution in [3.05, 3.63) is 6.07 Å². The van der Waals surface area contributed by atoms with Gasteiger partial charge in [0, 0.05) is 25.7 Å². The lowest BCUT2D eigenvalue weighted by Crippen LogP contribution is -2.43. The minimum atomic E-state index is 0.383. The monoisotopic (exact) mass is 280 g/mol. The Morgan fingerprint density at radius 2 is 2.11 bits per heavy atom. The molecule has 2 aliphatic rings. The molecule has 0 aromatic carbocycles. The van der Waals surface area contributed by atoms with Crippen molar-refractivity contribution >= 4 is 23.4 Å². The Bertz CT molecular complexity index is 444. The van der Waals surface area contributed by atoms with E-state index in [0.717, 1.165) is 36.4 Å². The second-order valence-electron chi connectivity index (χ2n) is 4.99. The molecule has 6 heteroatoms. The van der Waals surface area contributed by atoms with E-state index >= 15 is 0 Å². The number of thioether (sulfide) groups is 1. The first-order valence-corrected chi connectivity index (χ1v) is 8.08. The van der Waals surface area contributed by atoms with E-state index < -0.39 is 0 Å². The molecule has 2 fully saturated rings. The second-order valence-corrected chi connectivity index (χ2v) is 5.76. The molecule has 104 valence electrons. The fraction of sp³-hybridized carbons (Fsp3) is 0.692. The Morgan fingerprint density at radius 3 is 2.74 bits per heavy atom. The first kappa shape index (κ1) is 13.0. The van der Waals surface area contributed by atoms with Crippen molar-refractivity contribution in [1.82, 2.24) is 9.97 Å². The van der Waals surface area contributed by atoms with Crippen molar-refractivity contribution in [3.63, 3.8) is 0 Å². The van der Waals surface area contributed by atoms with Crippen LogP contribution >= 0.6 is 11.8 Å². The normalized spacial score (nSPS) is 25.7. The number of rotatable bonds is 4. The highest BCUT2D eigenvalue weighted by Gasteiger charge is 2.34. The highest BCUT2D eigenvalue weighted by molar-refractivity contribution is 7.98. The summed E-state index contributed by atoms with van der Waals surface area (Å²) in [4.78, 5) is 11.5. The second kappa shape index (κ2) is 5.54. The summed E-state index contributed by atoms with van der Waals surface area (Å²) in [5.41, 5.74) is 0. The number of ether oxygens (including phenoxy) is 1. The summed E-state index contributed by atoms with van der Waals surface area (Å²) in [7, 11) is 0. The van der Waals surface area contributed by atoms with Crippen LogP contribution in [-0.4, -0.2) is 48.1 Å². The zero-order valence-electron chi connectivity index (χ0n) is 11.4. The van der Waals surface area contributed by atoms with Crippen LogP contribution < -0.4 is 10.2 Å². The van der Waals surface area contributed by atoms with Gasteiger partial charge in [-0.1, -0.05) is 11.8 Å². The van der Waals surface area contributed by atoms with Crippen molar-refractivity contribution in [2.75, 3.05) is 36.1 Å².